The molecule has 2 heterocycles. The summed E-state index contributed by atoms with van der Waals surface area (Å²) in [6.07, 6.45) is 2.45. The number of carbonyl (C=O) groups excluding carboxylic acids is 1. The minimum atomic E-state index is -0.273. The number of nitrogens with zero attached hydrogens (tertiary/aromatic N) is 4. The fraction of sp³-hybridized carbons (Fsp3) is 0.478. The number of fused-ring (bicyclic) bond motifs is 1. The van der Waals surface area contributed by atoms with Crippen molar-refractivity contribution in [3.8, 4) is 17.1 Å². The van der Waals surface area contributed by atoms with E-state index in [1.165, 1.54) is 0 Å². The minimum Gasteiger partial charge on any atom is -0.493 e. The van der Waals surface area contributed by atoms with E-state index in [0.29, 0.717) is 46.9 Å². The third-order valence-corrected chi connectivity index (χ3v) is 5.05. The van der Waals surface area contributed by atoms with Crippen molar-refractivity contribution in [1.82, 2.24) is 30.0 Å². The van der Waals surface area contributed by atoms with Gasteiger partial charge in [0.2, 0.25) is 0 Å². The van der Waals surface area contributed by atoms with E-state index < -0.39 is 0 Å². The lowest BCUT2D eigenvalue weighted by Gasteiger charge is -2.14. The lowest BCUT2D eigenvalue weighted by molar-refractivity contribution is 0.0951. The van der Waals surface area contributed by atoms with Crippen LogP contribution in [-0.4, -0.2) is 64.3 Å². The van der Waals surface area contributed by atoms with Gasteiger partial charge < -0.3 is 19.9 Å². The van der Waals surface area contributed by atoms with Gasteiger partial charge in [-0.25, -0.2) is 4.98 Å². The molecule has 0 spiro atoms. The lowest BCUT2D eigenvalue weighted by atomic mass is 10.1. The van der Waals surface area contributed by atoms with Gasteiger partial charge in [-0.2, -0.15) is 5.10 Å². The molecule has 1 amide bonds. The summed E-state index contributed by atoms with van der Waals surface area (Å²) in [5, 5.41) is 7.39. The Morgan fingerprint density at radius 2 is 2.03 bits per heavy atom. The topological polar surface area (TPSA) is 105 Å². The van der Waals surface area contributed by atoms with Gasteiger partial charge in [0, 0.05) is 25.7 Å². The third kappa shape index (κ3) is 5.16. The van der Waals surface area contributed by atoms with Gasteiger partial charge in [-0.1, -0.05) is 20.3 Å². The molecule has 0 aliphatic heterocycles. The van der Waals surface area contributed by atoms with Gasteiger partial charge in [0.25, 0.3) is 11.5 Å². The number of aryl methyl sites for hydroxylation is 2. The molecular weight excluding hydrogens is 408 g/mol. The van der Waals surface area contributed by atoms with E-state index in [1.54, 1.807) is 29.9 Å². The number of rotatable bonds is 10. The van der Waals surface area contributed by atoms with Crippen molar-refractivity contribution < 1.29 is 9.53 Å². The summed E-state index contributed by atoms with van der Waals surface area (Å²) in [6.45, 7) is 5.87. The van der Waals surface area contributed by atoms with Crippen molar-refractivity contribution in [2.24, 2.45) is 7.05 Å². The van der Waals surface area contributed by atoms with E-state index in [9.17, 15) is 9.59 Å². The fourth-order valence-electron chi connectivity index (χ4n) is 3.47. The Morgan fingerprint density at radius 1 is 1.25 bits per heavy atom. The highest BCUT2D eigenvalue weighted by atomic mass is 16.5. The van der Waals surface area contributed by atoms with E-state index in [-0.39, 0.29) is 11.5 Å². The van der Waals surface area contributed by atoms with Crippen LogP contribution >= 0.6 is 0 Å². The van der Waals surface area contributed by atoms with Crippen LogP contribution in [0.1, 0.15) is 42.7 Å². The normalized spacial score (nSPS) is 11.3. The maximum Gasteiger partial charge on any atom is 0.277 e. The van der Waals surface area contributed by atoms with Crippen molar-refractivity contribution in [2.45, 2.75) is 33.1 Å². The quantitative estimate of drug-likeness (QED) is 0.501. The van der Waals surface area contributed by atoms with Gasteiger partial charge in [-0.05, 0) is 45.1 Å². The third-order valence-electron chi connectivity index (χ3n) is 5.05. The molecule has 0 fully saturated rings. The standard InChI is InChI=1S/C23H32N6O3/c1-6-8-17-19-20(29(5)27-17)23(31)26-21(25-19)16-14-15(9-10-18(16)32-13-7-2)22(30)24-11-12-28(3)4/h9-10,14H,6-8,11-13H2,1-5H3,(H,24,30)(H,25,26,31). The molecule has 0 bridgehead atoms. The van der Waals surface area contributed by atoms with E-state index in [2.05, 4.69) is 22.3 Å². The number of carbonyl (C=O) groups is 1. The Bertz CT molecular complexity index is 1150. The SMILES string of the molecule is CCCOc1ccc(C(=O)NCCN(C)C)cc1-c1nc2c(CCC)nn(C)c2c(=O)[nH]1. The molecule has 172 valence electrons. The lowest BCUT2D eigenvalue weighted by Crippen LogP contribution is -2.31. The second kappa shape index (κ2) is 10.4. The van der Waals surface area contributed by atoms with Crippen molar-refractivity contribution in [3.05, 3.63) is 39.8 Å². The number of likely N-dealkylation sites (N-methyl/N-ethyl adjacent to an activating group) is 1. The van der Waals surface area contributed by atoms with Crippen LogP contribution in [0.15, 0.2) is 23.0 Å². The van der Waals surface area contributed by atoms with Gasteiger partial charge in [-0.3, -0.25) is 14.3 Å². The number of nitrogens with one attached hydrogen (secondary N) is 2. The Labute approximate surface area is 187 Å². The number of aromatic nitrogens is 4. The van der Waals surface area contributed by atoms with E-state index in [4.69, 9.17) is 9.72 Å². The highest BCUT2D eigenvalue weighted by Gasteiger charge is 2.19. The Morgan fingerprint density at radius 3 is 2.72 bits per heavy atom. The monoisotopic (exact) mass is 440 g/mol. The zero-order valence-electron chi connectivity index (χ0n) is 19.5. The number of H-pyrrole nitrogens is 1. The molecule has 2 N–H and O–H groups in total. The summed E-state index contributed by atoms with van der Waals surface area (Å²) in [4.78, 5) is 35.2. The first-order valence-corrected chi connectivity index (χ1v) is 11.0. The summed E-state index contributed by atoms with van der Waals surface area (Å²) < 4.78 is 7.47. The molecule has 1 aromatic carbocycles. The van der Waals surface area contributed by atoms with Crippen LogP contribution in [0.25, 0.3) is 22.4 Å². The van der Waals surface area contributed by atoms with Gasteiger partial charge in [-0.15, -0.1) is 0 Å². The van der Waals surface area contributed by atoms with Gasteiger partial charge in [0.05, 0.1) is 17.9 Å². The molecule has 0 atom stereocenters. The van der Waals surface area contributed by atoms with Crippen LogP contribution in [0.4, 0.5) is 0 Å². The predicted molar refractivity (Wildman–Crippen MR) is 125 cm³/mol. The Hall–Kier alpha value is -3.20. The van der Waals surface area contributed by atoms with Crippen LogP contribution in [0, 0.1) is 0 Å². The number of amides is 1. The molecule has 0 aliphatic carbocycles. The smallest absolute Gasteiger partial charge is 0.277 e. The zero-order chi connectivity index (χ0) is 23.3. The molecule has 32 heavy (non-hydrogen) atoms. The summed E-state index contributed by atoms with van der Waals surface area (Å²) in [7, 11) is 5.65. The molecule has 9 heteroatoms. The van der Waals surface area contributed by atoms with E-state index >= 15 is 0 Å². The number of hydrogen-bond donors (Lipinski definition) is 2. The first-order valence-electron chi connectivity index (χ1n) is 11.0. The van der Waals surface area contributed by atoms with Gasteiger partial charge >= 0.3 is 0 Å². The molecular formula is C23H32N6O3. The first-order chi connectivity index (χ1) is 15.3. The van der Waals surface area contributed by atoms with Gasteiger partial charge in [0.1, 0.15) is 17.1 Å². The molecule has 2 aromatic heterocycles. The molecule has 0 saturated heterocycles. The van der Waals surface area contributed by atoms with E-state index in [0.717, 1.165) is 31.5 Å². The highest BCUT2D eigenvalue weighted by Crippen LogP contribution is 2.30. The highest BCUT2D eigenvalue weighted by molar-refractivity contribution is 5.96. The van der Waals surface area contributed by atoms with Crippen LogP contribution in [0.5, 0.6) is 5.75 Å². The van der Waals surface area contributed by atoms with Gasteiger partial charge in [0.15, 0.2) is 5.52 Å². The summed E-state index contributed by atoms with van der Waals surface area (Å²) in [6, 6.07) is 5.20. The number of ether oxygens (including phenoxy) is 1. The molecule has 3 aromatic rings. The Balaban J connectivity index is 2.07. The average molecular weight is 441 g/mol. The van der Waals surface area contributed by atoms with Crippen LogP contribution in [-0.2, 0) is 13.5 Å². The summed E-state index contributed by atoms with van der Waals surface area (Å²) in [5.41, 5.74) is 2.58. The largest absolute Gasteiger partial charge is 0.493 e. The maximum atomic E-state index is 12.9. The molecule has 0 unspecified atom stereocenters. The molecule has 0 radical (unpaired) electrons. The van der Waals surface area contributed by atoms with E-state index in [1.807, 2.05) is 25.9 Å². The fourth-order valence-corrected chi connectivity index (χ4v) is 3.47. The van der Waals surface area contributed by atoms with Crippen LogP contribution in [0.3, 0.4) is 0 Å². The maximum absolute atomic E-state index is 12.9. The van der Waals surface area contributed by atoms with Crippen molar-refractivity contribution >= 4 is 16.9 Å². The number of aromatic amines is 1. The average Bonchev–Trinajstić information content (AvgIpc) is 3.07. The summed E-state index contributed by atoms with van der Waals surface area (Å²) in [5.74, 6) is 0.744. The number of benzene rings is 1. The summed E-state index contributed by atoms with van der Waals surface area (Å²) >= 11 is 0. The van der Waals surface area contributed by atoms with Crippen LogP contribution in [0.2, 0.25) is 0 Å². The first kappa shape index (κ1) is 23.5. The number of hydrogen-bond acceptors (Lipinski definition) is 6. The van der Waals surface area contributed by atoms with Crippen molar-refractivity contribution in [2.75, 3.05) is 33.8 Å². The Kier molecular flexibility index (Phi) is 7.63. The zero-order valence-corrected chi connectivity index (χ0v) is 19.5. The molecule has 3 rings (SSSR count). The van der Waals surface area contributed by atoms with Crippen molar-refractivity contribution in [1.29, 1.82) is 0 Å². The second-order valence-electron chi connectivity index (χ2n) is 8.05. The van der Waals surface area contributed by atoms with Crippen LogP contribution < -0.4 is 15.6 Å². The molecule has 0 aliphatic rings. The predicted octanol–water partition coefficient (Wildman–Crippen LogP) is 2.36. The molecule has 9 nitrogen and oxygen atoms in total. The van der Waals surface area contributed by atoms with Crippen molar-refractivity contribution in [3.63, 3.8) is 0 Å². The minimum absolute atomic E-state index is 0.188. The second-order valence-corrected chi connectivity index (χ2v) is 8.05. The molecule has 0 saturated carbocycles.